The van der Waals surface area contributed by atoms with Gasteiger partial charge in [-0.25, -0.2) is 0 Å². The molecule has 1 aliphatic heterocycles. The van der Waals surface area contributed by atoms with Crippen molar-refractivity contribution in [2.24, 2.45) is 17.8 Å². The third-order valence-electron chi connectivity index (χ3n) is 3.29. The smallest absolute Gasteiger partial charge is 0.152 e. The molecule has 1 N–H and O–H groups in total. The summed E-state index contributed by atoms with van der Waals surface area (Å²) < 4.78 is 0. The molecule has 0 amide bonds. The standard InChI is InChI=1S/C13H23NO2/c1-8(2)12(15)10-5-6-14-11(7-10)13(16)9(3)4/h8-11,14H,5-7H2,1-4H3/t10-,11+/m0/s1. The maximum Gasteiger partial charge on any atom is 0.152 e. The van der Waals surface area contributed by atoms with Crippen LogP contribution in [0.2, 0.25) is 0 Å². The minimum atomic E-state index is -0.110. The van der Waals surface area contributed by atoms with E-state index in [0.717, 1.165) is 13.0 Å². The molecule has 92 valence electrons. The van der Waals surface area contributed by atoms with Gasteiger partial charge in [-0.05, 0) is 19.4 Å². The van der Waals surface area contributed by atoms with Crippen LogP contribution in [-0.4, -0.2) is 24.2 Å². The molecule has 1 rings (SSSR count). The van der Waals surface area contributed by atoms with Crippen LogP contribution >= 0.6 is 0 Å². The van der Waals surface area contributed by atoms with Crippen molar-refractivity contribution < 1.29 is 9.59 Å². The number of ketones is 2. The first-order valence-corrected chi connectivity index (χ1v) is 6.24. The van der Waals surface area contributed by atoms with Crippen molar-refractivity contribution in [2.45, 2.75) is 46.6 Å². The van der Waals surface area contributed by atoms with Crippen molar-refractivity contribution in [3.05, 3.63) is 0 Å². The summed E-state index contributed by atoms with van der Waals surface area (Å²) >= 11 is 0. The lowest BCUT2D eigenvalue weighted by Crippen LogP contribution is -2.47. The topological polar surface area (TPSA) is 46.2 Å². The maximum atomic E-state index is 11.9. The van der Waals surface area contributed by atoms with Crippen LogP contribution in [0.3, 0.4) is 0 Å². The number of piperidine rings is 1. The number of hydrogen-bond acceptors (Lipinski definition) is 3. The lowest BCUT2D eigenvalue weighted by Gasteiger charge is -2.30. The molecule has 0 aromatic carbocycles. The molecule has 3 heteroatoms. The molecule has 1 saturated heterocycles. The summed E-state index contributed by atoms with van der Waals surface area (Å²) in [4.78, 5) is 23.8. The minimum absolute atomic E-state index is 0.0467. The van der Waals surface area contributed by atoms with Gasteiger partial charge in [0.05, 0.1) is 6.04 Å². The minimum Gasteiger partial charge on any atom is -0.307 e. The van der Waals surface area contributed by atoms with Crippen molar-refractivity contribution >= 4 is 11.6 Å². The van der Waals surface area contributed by atoms with E-state index in [-0.39, 0.29) is 29.6 Å². The van der Waals surface area contributed by atoms with Crippen LogP contribution in [0, 0.1) is 17.8 Å². The molecule has 0 unspecified atom stereocenters. The second kappa shape index (κ2) is 5.58. The van der Waals surface area contributed by atoms with Gasteiger partial charge < -0.3 is 5.32 Å². The molecule has 1 heterocycles. The molecule has 0 spiro atoms. The second-order valence-corrected chi connectivity index (χ2v) is 5.34. The first-order valence-electron chi connectivity index (χ1n) is 6.24. The second-order valence-electron chi connectivity index (χ2n) is 5.34. The van der Waals surface area contributed by atoms with Gasteiger partial charge in [-0.3, -0.25) is 9.59 Å². The lowest BCUT2D eigenvalue weighted by atomic mass is 9.82. The van der Waals surface area contributed by atoms with Gasteiger partial charge in [-0.2, -0.15) is 0 Å². The van der Waals surface area contributed by atoms with Gasteiger partial charge in [0.15, 0.2) is 5.78 Å². The Labute approximate surface area is 98.0 Å². The highest BCUT2D eigenvalue weighted by Gasteiger charge is 2.32. The molecule has 0 bridgehead atoms. The molecule has 2 atom stereocenters. The molecule has 0 aliphatic carbocycles. The summed E-state index contributed by atoms with van der Waals surface area (Å²) in [5.41, 5.74) is 0. The molecule has 3 nitrogen and oxygen atoms in total. The Morgan fingerprint density at radius 2 is 1.62 bits per heavy atom. The highest BCUT2D eigenvalue weighted by atomic mass is 16.1. The van der Waals surface area contributed by atoms with Crippen LogP contribution < -0.4 is 5.32 Å². The Hall–Kier alpha value is -0.700. The van der Waals surface area contributed by atoms with Gasteiger partial charge in [0.1, 0.15) is 5.78 Å². The average molecular weight is 225 g/mol. The Balaban J connectivity index is 2.60. The van der Waals surface area contributed by atoms with Crippen molar-refractivity contribution in [2.75, 3.05) is 6.54 Å². The van der Waals surface area contributed by atoms with Crippen LogP contribution in [0.5, 0.6) is 0 Å². The number of Topliss-reactive ketones (excluding diaryl/α,β-unsaturated/α-hetero) is 2. The van der Waals surface area contributed by atoms with E-state index in [0.29, 0.717) is 12.2 Å². The Morgan fingerprint density at radius 3 is 2.12 bits per heavy atom. The third-order valence-corrected chi connectivity index (χ3v) is 3.29. The van der Waals surface area contributed by atoms with E-state index < -0.39 is 0 Å². The van der Waals surface area contributed by atoms with E-state index >= 15 is 0 Å². The van der Waals surface area contributed by atoms with Crippen LogP contribution in [0.25, 0.3) is 0 Å². The van der Waals surface area contributed by atoms with Crippen molar-refractivity contribution in [3.8, 4) is 0 Å². The van der Waals surface area contributed by atoms with Gasteiger partial charge in [-0.15, -0.1) is 0 Å². The largest absolute Gasteiger partial charge is 0.307 e. The molecule has 0 saturated carbocycles. The predicted molar refractivity (Wildman–Crippen MR) is 64.2 cm³/mol. The molecule has 0 aromatic rings. The normalized spacial score (nSPS) is 26.1. The lowest BCUT2D eigenvalue weighted by molar-refractivity contribution is -0.129. The first kappa shape index (κ1) is 13.4. The molecule has 0 radical (unpaired) electrons. The Bertz CT molecular complexity index is 245. The predicted octanol–water partition coefficient (Wildman–Crippen LogP) is 1.80. The molecular formula is C13H23NO2. The fourth-order valence-corrected chi connectivity index (χ4v) is 2.27. The number of nitrogens with one attached hydrogen (secondary N) is 1. The monoisotopic (exact) mass is 225 g/mol. The summed E-state index contributed by atoms with van der Waals surface area (Å²) in [6, 6.07) is -0.110. The van der Waals surface area contributed by atoms with E-state index in [1.165, 1.54) is 0 Å². The SMILES string of the molecule is CC(C)C(=O)[C@H]1CCN[C@@H](C(=O)C(C)C)C1. The maximum absolute atomic E-state index is 11.9. The zero-order chi connectivity index (χ0) is 12.3. The van der Waals surface area contributed by atoms with E-state index in [1.807, 2.05) is 27.7 Å². The van der Waals surface area contributed by atoms with Crippen LogP contribution in [-0.2, 0) is 9.59 Å². The van der Waals surface area contributed by atoms with Gasteiger partial charge in [-0.1, -0.05) is 27.7 Å². The molecule has 16 heavy (non-hydrogen) atoms. The number of carbonyl (C=O) groups is 2. The van der Waals surface area contributed by atoms with Gasteiger partial charge >= 0.3 is 0 Å². The highest BCUT2D eigenvalue weighted by Crippen LogP contribution is 2.22. The molecular weight excluding hydrogens is 202 g/mol. The van der Waals surface area contributed by atoms with Gasteiger partial charge in [0.2, 0.25) is 0 Å². The van der Waals surface area contributed by atoms with Crippen LogP contribution in [0.4, 0.5) is 0 Å². The number of hydrogen-bond donors (Lipinski definition) is 1. The fraction of sp³-hybridized carbons (Fsp3) is 0.846. The molecule has 1 aliphatic rings. The summed E-state index contributed by atoms with van der Waals surface area (Å²) in [7, 11) is 0. The first-order chi connectivity index (χ1) is 7.43. The van der Waals surface area contributed by atoms with Crippen LogP contribution in [0.1, 0.15) is 40.5 Å². The van der Waals surface area contributed by atoms with E-state index in [2.05, 4.69) is 5.32 Å². The van der Waals surface area contributed by atoms with Crippen molar-refractivity contribution in [3.63, 3.8) is 0 Å². The highest BCUT2D eigenvalue weighted by molar-refractivity contribution is 5.88. The van der Waals surface area contributed by atoms with Gasteiger partial charge in [0, 0.05) is 17.8 Å². The number of carbonyl (C=O) groups excluding carboxylic acids is 2. The average Bonchev–Trinajstić information content (AvgIpc) is 2.26. The van der Waals surface area contributed by atoms with E-state index in [4.69, 9.17) is 0 Å². The summed E-state index contributed by atoms with van der Waals surface area (Å²) in [6.07, 6.45) is 1.56. The zero-order valence-corrected chi connectivity index (χ0v) is 10.7. The van der Waals surface area contributed by atoms with Crippen molar-refractivity contribution in [1.29, 1.82) is 0 Å². The van der Waals surface area contributed by atoms with E-state index in [9.17, 15) is 9.59 Å². The summed E-state index contributed by atoms with van der Waals surface area (Å²) in [5.74, 6) is 0.751. The quantitative estimate of drug-likeness (QED) is 0.793. The summed E-state index contributed by atoms with van der Waals surface area (Å²) in [5, 5.41) is 3.22. The molecule has 1 fully saturated rings. The molecule has 0 aromatic heterocycles. The van der Waals surface area contributed by atoms with Crippen LogP contribution in [0.15, 0.2) is 0 Å². The summed E-state index contributed by atoms with van der Waals surface area (Å²) in [6.45, 7) is 8.48. The van der Waals surface area contributed by atoms with Crippen molar-refractivity contribution in [1.82, 2.24) is 5.32 Å². The zero-order valence-electron chi connectivity index (χ0n) is 10.7. The van der Waals surface area contributed by atoms with E-state index in [1.54, 1.807) is 0 Å². The number of rotatable bonds is 4. The fourth-order valence-electron chi connectivity index (χ4n) is 2.27. The third kappa shape index (κ3) is 3.14. The van der Waals surface area contributed by atoms with Gasteiger partial charge in [0.25, 0.3) is 0 Å². The Kier molecular flexibility index (Phi) is 4.66. The Morgan fingerprint density at radius 1 is 1.06 bits per heavy atom.